The van der Waals surface area contributed by atoms with Crippen LogP contribution in [-0.2, 0) is 6.54 Å². The van der Waals surface area contributed by atoms with Gasteiger partial charge in [-0.05, 0) is 30.7 Å². The predicted molar refractivity (Wildman–Crippen MR) is 98.4 cm³/mol. The van der Waals surface area contributed by atoms with Gasteiger partial charge in [0.05, 0.1) is 25.0 Å². The fourth-order valence-corrected chi connectivity index (χ4v) is 3.32. The van der Waals surface area contributed by atoms with Crippen molar-refractivity contribution in [3.05, 3.63) is 48.4 Å². The molecule has 0 spiro atoms. The number of benzene rings is 1. The van der Waals surface area contributed by atoms with Gasteiger partial charge in [-0.2, -0.15) is 0 Å². The molecule has 3 aliphatic heterocycles. The molecule has 0 unspecified atom stereocenters. The van der Waals surface area contributed by atoms with Gasteiger partial charge in [-0.3, -0.25) is 0 Å². The van der Waals surface area contributed by atoms with Crippen molar-refractivity contribution < 1.29 is 4.74 Å². The molecule has 1 N–H and O–H groups in total. The van der Waals surface area contributed by atoms with Gasteiger partial charge in [-0.15, -0.1) is 0 Å². The lowest BCUT2D eigenvalue weighted by Gasteiger charge is -2.30. The topological polar surface area (TPSA) is 55.2 Å². The number of ether oxygens (including phenoxy) is 1. The van der Waals surface area contributed by atoms with Crippen molar-refractivity contribution in [1.82, 2.24) is 19.9 Å². The Morgan fingerprint density at radius 2 is 2.04 bits per heavy atom. The van der Waals surface area contributed by atoms with Gasteiger partial charge in [-0.1, -0.05) is 12.1 Å². The molecule has 0 aliphatic carbocycles. The van der Waals surface area contributed by atoms with Crippen molar-refractivity contribution in [1.29, 1.82) is 0 Å². The summed E-state index contributed by atoms with van der Waals surface area (Å²) >= 11 is 0. The molecule has 3 heterocycles. The summed E-state index contributed by atoms with van der Waals surface area (Å²) in [4.78, 5) is 11.7. The van der Waals surface area contributed by atoms with Crippen LogP contribution in [0.1, 0.15) is 12.5 Å². The highest BCUT2D eigenvalue weighted by atomic mass is 16.5. The quantitative estimate of drug-likeness (QED) is 0.774. The Bertz CT molecular complexity index is 809. The summed E-state index contributed by atoms with van der Waals surface area (Å²) in [5.74, 6) is 2.91. The highest BCUT2D eigenvalue weighted by Gasteiger charge is 2.21. The molecule has 1 saturated heterocycles. The van der Waals surface area contributed by atoms with Crippen LogP contribution in [0.15, 0.2) is 42.9 Å². The molecular weight excluding hydrogens is 314 g/mol. The first kappa shape index (κ1) is 15.9. The standard InChI is InChI=1S/C19H23N5O/c1-2-25-16-5-3-4-15(12-16)13-24-14-22-19(17-6-7-21-18(17)24)23-10-8-20-9-11-23/h3-7,12,14,20H,2,8-11,13H2,1H3. The number of anilines is 1. The van der Waals surface area contributed by atoms with Gasteiger partial charge in [0.2, 0.25) is 0 Å². The Morgan fingerprint density at radius 1 is 1.16 bits per heavy atom. The molecule has 1 aromatic rings. The molecule has 6 heteroatoms. The Morgan fingerprint density at radius 3 is 2.88 bits per heavy atom. The third-order valence-electron chi connectivity index (χ3n) is 4.49. The third-order valence-corrected chi connectivity index (χ3v) is 4.49. The molecule has 6 nitrogen and oxygen atoms in total. The fourth-order valence-electron chi connectivity index (χ4n) is 3.32. The molecule has 1 fully saturated rings. The van der Waals surface area contributed by atoms with Gasteiger partial charge in [-0.25, -0.2) is 9.97 Å². The van der Waals surface area contributed by atoms with E-state index in [0.717, 1.165) is 55.7 Å². The third kappa shape index (κ3) is 3.30. The fraction of sp³-hybridized carbons (Fsp3) is 0.368. The van der Waals surface area contributed by atoms with E-state index in [4.69, 9.17) is 9.72 Å². The van der Waals surface area contributed by atoms with E-state index < -0.39 is 0 Å². The molecule has 0 saturated carbocycles. The van der Waals surface area contributed by atoms with E-state index in [0.29, 0.717) is 6.61 Å². The monoisotopic (exact) mass is 337 g/mol. The van der Waals surface area contributed by atoms with E-state index in [1.54, 1.807) is 0 Å². The molecule has 0 radical (unpaired) electrons. The summed E-state index contributed by atoms with van der Waals surface area (Å²) in [6.45, 7) is 7.35. The number of nitrogens with zero attached hydrogens (tertiary/aromatic N) is 4. The summed E-state index contributed by atoms with van der Waals surface area (Å²) in [5, 5.41) is 3.38. The van der Waals surface area contributed by atoms with E-state index in [-0.39, 0.29) is 0 Å². The zero-order valence-corrected chi connectivity index (χ0v) is 14.5. The Balaban J connectivity index is 1.62. The molecule has 4 rings (SSSR count). The van der Waals surface area contributed by atoms with Crippen LogP contribution in [-0.4, -0.2) is 47.3 Å². The molecule has 1 aromatic carbocycles. The highest BCUT2D eigenvalue weighted by Crippen LogP contribution is 2.30. The summed E-state index contributed by atoms with van der Waals surface area (Å²) < 4.78 is 7.71. The average Bonchev–Trinajstić information content (AvgIpc) is 3.14. The minimum Gasteiger partial charge on any atom is -0.494 e. The lowest BCUT2D eigenvalue weighted by atomic mass is 10.2. The maximum Gasteiger partial charge on any atom is 0.145 e. The number of hydrogen-bond donors (Lipinski definition) is 1. The summed E-state index contributed by atoms with van der Waals surface area (Å²) in [6.07, 6.45) is 3.77. The van der Waals surface area contributed by atoms with Crippen LogP contribution in [0, 0.1) is 0 Å². The van der Waals surface area contributed by atoms with Crippen molar-refractivity contribution in [2.24, 2.45) is 0 Å². The van der Waals surface area contributed by atoms with Crippen LogP contribution in [0.3, 0.4) is 0 Å². The van der Waals surface area contributed by atoms with Crippen LogP contribution >= 0.6 is 0 Å². The van der Waals surface area contributed by atoms with Crippen LogP contribution < -0.4 is 15.0 Å². The second kappa shape index (κ2) is 7.11. The molecule has 130 valence electrons. The van der Waals surface area contributed by atoms with Crippen LogP contribution in [0.4, 0.5) is 5.82 Å². The van der Waals surface area contributed by atoms with Gasteiger partial charge in [0, 0.05) is 32.4 Å². The smallest absolute Gasteiger partial charge is 0.145 e. The van der Waals surface area contributed by atoms with E-state index in [2.05, 4.69) is 38.0 Å². The number of nitrogens with one attached hydrogen (secondary N) is 1. The first-order valence-electron chi connectivity index (χ1n) is 8.82. The van der Waals surface area contributed by atoms with Gasteiger partial charge < -0.3 is 19.5 Å². The lowest BCUT2D eigenvalue weighted by molar-refractivity contribution is 0.340. The van der Waals surface area contributed by atoms with Crippen molar-refractivity contribution in [2.45, 2.75) is 13.5 Å². The normalized spacial score (nSPS) is 14.8. The van der Waals surface area contributed by atoms with Gasteiger partial charge in [0.25, 0.3) is 0 Å². The Kier molecular flexibility index (Phi) is 4.52. The summed E-state index contributed by atoms with van der Waals surface area (Å²) in [5.41, 5.74) is 2.29. The maximum atomic E-state index is 5.60. The Labute approximate surface area is 147 Å². The van der Waals surface area contributed by atoms with Crippen LogP contribution in [0.5, 0.6) is 5.75 Å². The van der Waals surface area contributed by atoms with Crippen LogP contribution in [0.2, 0.25) is 0 Å². The number of piperazine rings is 1. The van der Waals surface area contributed by atoms with E-state index in [9.17, 15) is 0 Å². The first-order valence-corrected chi connectivity index (χ1v) is 8.82. The lowest BCUT2D eigenvalue weighted by Crippen LogP contribution is -2.44. The summed E-state index contributed by atoms with van der Waals surface area (Å²) in [7, 11) is 0. The number of fused-ring (bicyclic) bond motifs is 1. The second-order valence-corrected chi connectivity index (χ2v) is 6.20. The summed E-state index contributed by atoms with van der Waals surface area (Å²) in [6, 6.07) is 10.3. The van der Waals surface area contributed by atoms with Gasteiger partial charge >= 0.3 is 0 Å². The molecule has 3 aliphatic rings. The van der Waals surface area contributed by atoms with E-state index >= 15 is 0 Å². The second-order valence-electron chi connectivity index (χ2n) is 6.20. The van der Waals surface area contributed by atoms with E-state index in [1.165, 1.54) is 5.56 Å². The van der Waals surface area contributed by atoms with Crippen molar-refractivity contribution in [3.8, 4) is 17.1 Å². The maximum absolute atomic E-state index is 5.60. The van der Waals surface area contributed by atoms with Crippen molar-refractivity contribution in [2.75, 3.05) is 37.7 Å². The predicted octanol–water partition coefficient (Wildman–Crippen LogP) is 2.24. The number of hydrogen-bond acceptors (Lipinski definition) is 5. The Hall–Kier alpha value is -2.60. The number of rotatable bonds is 5. The molecule has 0 amide bonds. The number of aromatic nitrogens is 3. The SMILES string of the molecule is CCOc1cccc(Cn2cnc(N3CCNCC3)c3ccnc2-3)c1. The van der Waals surface area contributed by atoms with Gasteiger partial charge in [0.15, 0.2) is 0 Å². The largest absolute Gasteiger partial charge is 0.494 e. The molecule has 25 heavy (non-hydrogen) atoms. The highest BCUT2D eigenvalue weighted by molar-refractivity contribution is 5.72. The zero-order chi connectivity index (χ0) is 17.1. The van der Waals surface area contributed by atoms with Crippen molar-refractivity contribution in [3.63, 3.8) is 0 Å². The zero-order valence-electron chi connectivity index (χ0n) is 14.5. The van der Waals surface area contributed by atoms with Gasteiger partial charge in [0.1, 0.15) is 17.4 Å². The van der Waals surface area contributed by atoms with Crippen LogP contribution in [0.25, 0.3) is 11.4 Å². The van der Waals surface area contributed by atoms with E-state index in [1.807, 2.05) is 31.6 Å². The minimum atomic E-state index is 0.673. The molecular formula is C19H23N5O. The molecule has 0 bridgehead atoms. The minimum absolute atomic E-state index is 0.673. The first-order chi connectivity index (χ1) is 12.3. The van der Waals surface area contributed by atoms with Crippen molar-refractivity contribution >= 4 is 5.82 Å². The molecule has 0 aromatic heterocycles. The average molecular weight is 337 g/mol. The molecule has 0 atom stereocenters.